The third-order valence-electron chi connectivity index (χ3n) is 6.70. The number of carboxylic acid groups (broad SMARTS) is 1. The number of hydrogen-bond acceptors (Lipinski definition) is 2. The summed E-state index contributed by atoms with van der Waals surface area (Å²) in [5.74, 6) is -0.536. The van der Waals surface area contributed by atoms with Crippen LogP contribution < -0.4 is 0 Å². The molecule has 0 atom stereocenters. The van der Waals surface area contributed by atoms with E-state index in [1.807, 2.05) is 0 Å². The van der Waals surface area contributed by atoms with Gasteiger partial charge in [-0.2, -0.15) is 0 Å². The molecule has 3 aliphatic rings. The van der Waals surface area contributed by atoms with Gasteiger partial charge in [0.05, 0.1) is 5.92 Å². The molecule has 0 unspecified atom stereocenters. The summed E-state index contributed by atoms with van der Waals surface area (Å²) >= 11 is 0. The molecule has 2 saturated carbocycles. The minimum atomic E-state index is -0.690. The van der Waals surface area contributed by atoms with Crippen molar-refractivity contribution in [3.8, 4) is 0 Å². The van der Waals surface area contributed by atoms with Gasteiger partial charge in [-0.05, 0) is 63.2 Å². The molecule has 3 fully saturated rings. The van der Waals surface area contributed by atoms with E-state index in [1.165, 1.54) is 44.9 Å². The summed E-state index contributed by atoms with van der Waals surface area (Å²) in [5, 5.41) is 9.09. The van der Waals surface area contributed by atoms with Gasteiger partial charge >= 0.3 is 5.97 Å². The molecule has 130 valence electrons. The molecule has 4 heteroatoms. The Morgan fingerprint density at radius 2 is 1.39 bits per heavy atom. The van der Waals surface area contributed by atoms with Gasteiger partial charge in [-0.25, -0.2) is 0 Å². The molecule has 0 aromatic carbocycles. The third kappa shape index (κ3) is 3.89. The number of amides is 1. The topological polar surface area (TPSA) is 57.6 Å². The lowest BCUT2D eigenvalue weighted by molar-refractivity contribution is -0.145. The number of carbonyl (C=O) groups excluding carboxylic acids is 1. The Labute approximate surface area is 139 Å². The minimum Gasteiger partial charge on any atom is -0.481 e. The van der Waals surface area contributed by atoms with Crippen molar-refractivity contribution >= 4 is 11.9 Å². The third-order valence-corrected chi connectivity index (χ3v) is 6.70. The molecule has 1 spiro atoms. The molecule has 0 bridgehead atoms. The van der Waals surface area contributed by atoms with Crippen molar-refractivity contribution in [2.24, 2.45) is 17.3 Å². The predicted molar refractivity (Wildman–Crippen MR) is 89.0 cm³/mol. The summed E-state index contributed by atoms with van der Waals surface area (Å²) in [6.07, 6.45) is 13.3. The van der Waals surface area contributed by atoms with E-state index in [-0.39, 0.29) is 11.8 Å². The molecular formula is C19H31NO3. The summed E-state index contributed by atoms with van der Waals surface area (Å²) in [4.78, 5) is 26.0. The number of aliphatic carboxylic acids is 1. The van der Waals surface area contributed by atoms with E-state index < -0.39 is 5.97 Å². The lowest BCUT2D eigenvalue weighted by atomic mass is 9.69. The first-order valence-electron chi connectivity index (χ1n) is 9.61. The first-order valence-corrected chi connectivity index (χ1v) is 9.61. The van der Waals surface area contributed by atoms with E-state index in [2.05, 4.69) is 4.90 Å². The SMILES string of the molecule is O=C(O)C1CCC(C(=O)N2CCCC3(CCCCC3)CC2)CC1. The van der Waals surface area contributed by atoms with Crippen LogP contribution in [0.15, 0.2) is 0 Å². The molecule has 23 heavy (non-hydrogen) atoms. The molecular weight excluding hydrogens is 290 g/mol. The number of carbonyl (C=O) groups is 2. The van der Waals surface area contributed by atoms with E-state index in [1.54, 1.807) is 0 Å². The van der Waals surface area contributed by atoms with Crippen molar-refractivity contribution in [1.82, 2.24) is 4.90 Å². The highest BCUT2D eigenvalue weighted by Crippen LogP contribution is 2.44. The highest BCUT2D eigenvalue weighted by molar-refractivity contribution is 5.79. The zero-order chi connectivity index (χ0) is 16.3. The maximum Gasteiger partial charge on any atom is 0.306 e. The molecule has 1 amide bonds. The zero-order valence-corrected chi connectivity index (χ0v) is 14.3. The van der Waals surface area contributed by atoms with Crippen molar-refractivity contribution in [3.63, 3.8) is 0 Å². The Morgan fingerprint density at radius 1 is 0.783 bits per heavy atom. The number of carboxylic acids is 1. The van der Waals surface area contributed by atoms with Crippen LogP contribution in [-0.4, -0.2) is 35.0 Å². The highest BCUT2D eigenvalue weighted by Gasteiger charge is 2.37. The maximum absolute atomic E-state index is 12.8. The average molecular weight is 321 g/mol. The van der Waals surface area contributed by atoms with Crippen LogP contribution >= 0.6 is 0 Å². The fourth-order valence-electron chi connectivity index (χ4n) is 5.12. The van der Waals surface area contributed by atoms with Crippen molar-refractivity contribution < 1.29 is 14.7 Å². The Hall–Kier alpha value is -1.06. The number of rotatable bonds is 2. The summed E-state index contributed by atoms with van der Waals surface area (Å²) in [7, 11) is 0. The lowest BCUT2D eigenvalue weighted by Gasteiger charge is -2.36. The average Bonchev–Trinajstić information content (AvgIpc) is 2.78. The van der Waals surface area contributed by atoms with E-state index in [0.29, 0.717) is 24.2 Å². The van der Waals surface area contributed by atoms with Crippen LogP contribution in [0.5, 0.6) is 0 Å². The predicted octanol–water partition coefficient (Wildman–Crippen LogP) is 3.84. The fourth-order valence-corrected chi connectivity index (χ4v) is 5.12. The second-order valence-corrected chi connectivity index (χ2v) is 8.13. The molecule has 1 heterocycles. The van der Waals surface area contributed by atoms with Gasteiger partial charge in [0.25, 0.3) is 0 Å². The second kappa shape index (κ2) is 7.23. The van der Waals surface area contributed by atoms with Gasteiger partial charge in [-0.15, -0.1) is 0 Å². The minimum absolute atomic E-state index is 0.0750. The first kappa shape index (κ1) is 16.8. The number of nitrogens with zero attached hydrogens (tertiary/aromatic N) is 1. The molecule has 0 radical (unpaired) electrons. The standard InChI is InChI=1S/C19H31NO3/c21-17(15-5-7-16(8-6-15)18(22)23)20-13-4-11-19(12-14-20)9-2-1-3-10-19/h15-16H,1-14H2,(H,22,23). The van der Waals surface area contributed by atoms with Gasteiger partial charge in [-0.3, -0.25) is 9.59 Å². The van der Waals surface area contributed by atoms with Gasteiger partial charge in [0.2, 0.25) is 5.91 Å². The number of likely N-dealkylation sites (tertiary alicyclic amines) is 1. The normalized spacial score (nSPS) is 31.6. The van der Waals surface area contributed by atoms with Crippen LogP contribution in [0.2, 0.25) is 0 Å². The largest absolute Gasteiger partial charge is 0.481 e. The van der Waals surface area contributed by atoms with Crippen molar-refractivity contribution in [1.29, 1.82) is 0 Å². The van der Waals surface area contributed by atoms with E-state index in [9.17, 15) is 9.59 Å². The molecule has 0 aromatic heterocycles. The van der Waals surface area contributed by atoms with E-state index in [4.69, 9.17) is 5.11 Å². The van der Waals surface area contributed by atoms with Gasteiger partial charge < -0.3 is 10.0 Å². The Kier molecular flexibility index (Phi) is 5.27. The van der Waals surface area contributed by atoms with Gasteiger partial charge in [-0.1, -0.05) is 19.3 Å². The smallest absolute Gasteiger partial charge is 0.306 e. The zero-order valence-electron chi connectivity index (χ0n) is 14.3. The quantitative estimate of drug-likeness (QED) is 0.840. The van der Waals surface area contributed by atoms with Crippen molar-refractivity contribution in [2.75, 3.05) is 13.1 Å². The van der Waals surface area contributed by atoms with Crippen molar-refractivity contribution in [3.05, 3.63) is 0 Å². The van der Waals surface area contributed by atoms with Gasteiger partial charge in [0.15, 0.2) is 0 Å². The van der Waals surface area contributed by atoms with Crippen LogP contribution in [-0.2, 0) is 9.59 Å². The van der Waals surface area contributed by atoms with Gasteiger partial charge in [0.1, 0.15) is 0 Å². The van der Waals surface area contributed by atoms with Crippen LogP contribution in [0, 0.1) is 17.3 Å². The fraction of sp³-hybridized carbons (Fsp3) is 0.895. The Balaban J connectivity index is 1.53. The maximum atomic E-state index is 12.8. The monoisotopic (exact) mass is 321 g/mol. The van der Waals surface area contributed by atoms with Crippen LogP contribution in [0.4, 0.5) is 0 Å². The lowest BCUT2D eigenvalue weighted by Crippen LogP contribution is -2.39. The van der Waals surface area contributed by atoms with Crippen LogP contribution in [0.3, 0.4) is 0 Å². The Morgan fingerprint density at radius 3 is 2.04 bits per heavy atom. The molecule has 0 aromatic rings. The first-order chi connectivity index (χ1) is 11.1. The molecule has 1 aliphatic heterocycles. The van der Waals surface area contributed by atoms with Gasteiger partial charge in [0, 0.05) is 19.0 Å². The van der Waals surface area contributed by atoms with Crippen molar-refractivity contribution in [2.45, 2.75) is 77.0 Å². The second-order valence-electron chi connectivity index (χ2n) is 8.13. The molecule has 1 saturated heterocycles. The molecule has 4 nitrogen and oxygen atoms in total. The summed E-state index contributed by atoms with van der Waals surface area (Å²) < 4.78 is 0. The Bertz CT molecular complexity index is 434. The number of hydrogen-bond donors (Lipinski definition) is 1. The van der Waals surface area contributed by atoms with E-state index >= 15 is 0 Å². The molecule has 2 aliphatic carbocycles. The highest BCUT2D eigenvalue weighted by atomic mass is 16.4. The molecule has 1 N–H and O–H groups in total. The summed E-state index contributed by atoms with van der Waals surface area (Å²) in [6, 6.07) is 0. The summed E-state index contributed by atoms with van der Waals surface area (Å²) in [5.41, 5.74) is 0.522. The van der Waals surface area contributed by atoms with E-state index in [0.717, 1.165) is 32.4 Å². The van der Waals surface area contributed by atoms with Crippen LogP contribution in [0.25, 0.3) is 0 Å². The molecule has 3 rings (SSSR count). The summed E-state index contributed by atoms with van der Waals surface area (Å²) in [6.45, 7) is 1.84. The van der Waals surface area contributed by atoms with Crippen LogP contribution in [0.1, 0.15) is 77.0 Å².